The van der Waals surface area contributed by atoms with Gasteiger partial charge in [0.1, 0.15) is 0 Å². The van der Waals surface area contributed by atoms with Crippen LogP contribution in [-0.2, 0) is 19.0 Å². The molecule has 4 nitrogen and oxygen atoms in total. The highest BCUT2D eigenvalue weighted by Crippen LogP contribution is 2.38. The summed E-state index contributed by atoms with van der Waals surface area (Å²) in [5.41, 5.74) is -1.41. The van der Waals surface area contributed by atoms with Crippen molar-refractivity contribution in [2.45, 2.75) is 59.0 Å². The van der Waals surface area contributed by atoms with E-state index in [1.165, 1.54) is 7.11 Å². The normalized spacial score (nSPS) is 23.5. The Morgan fingerprint density at radius 1 is 1.17 bits per heavy atom. The van der Waals surface area contributed by atoms with E-state index in [0.717, 1.165) is 0 Å². The van der Waals surface area contributed by atoms with Gasteiger partial charge in [-0.1, -0.05) is 6.08 Å². The summed E-state index contributed by atoms with van der Waals surface area (Å²) >= 11 is 0. The molecule has 1 aliphatic rings. The number of ether oxygens (including phenoxy) is 3. The maximum Gasteiger partial charge on any atom is 0.315 e. The van der Waals surface area contributed by atoms with Crippen LogP contribution in [-0.4, -0.2) is 30.6 Å². The van der Waals surface area contributed by atoms with Gasteiger partial charge in [-0.25, -0.2) is 0 Å². The maximum atomic E-state index is 11.5. The van der Waals surface area contributed by atoms with Crippen molar-refractivity contribution in [3.63, 3.8) is 0 Å². The molecule has 1 fully saturated rings. The van der Waals surface area contributed by atoms with Crippen LogP contribution in [0.15, 0.2) is 12.2 Å². The Bertz CT molecular complexity index is 337. The predicted octanol–water partition coefficient (Wildman–Crippen LogP) is 2.67. The van der Waals surface area contributed by atoms with Gasteiger partial charge in [0.2, 0.25) is 0 Å². The molecule has 0 unspecified atom stereocenters. The minimum Gasteiger partial charge on any atom is -0.468 e. The zero-order chi connectivity index (χ0) is 14.2. The first-order chi connectivity index (χ1) is 8.02. The average molecular weight is 256 g/mol. The molecule has 1 saturated heterocycles. The van der Waals surface area contributed by atoms with Gasteiger partial charge in [-0.05, 0) is 47.6 Å². The van der Waals surface area contributed by atoms with E-state index in [1.807, 2.05) is 27.7 Å². The molecule has 0 spiro atoms. The summed E-state index contributed by atoms with van der Waals surface area (Å²) in [4.78, 5) is 11.5. The molecule has 4 heteroatoms. The summed E-state index contributed by atoms with van der Waals surface area (Å²) in [7, 11) is 1.38. The Kier molecular flexibility index (Phi) is 3.94. The predicted molar refractivity (Wildman–Crippen MR) is 69.1 cm³/mol. The third kappa shape index (κ3) is 2.93. The van der Waals surface area contributed by atoms with Crippen LogP contribution >= 0.6 is 0 Å². The Morgan fingerprint density at radius 3 is 2.00 bits per heavy atom. The van der Waals surface area contributed by atoms with E-state index in [4.69, 9.17) is 14.2 Å². The van der Waals surface area contributed by atoms with E-state index in [1.54, 1.807) is 26.0 Å². The lowest BCUT2D eigenvalue weighted by atomic mass is 9.90. The van der Waals surface area contributed by atoms with Gasteiger partial charge in [-0.2, -0.15) is 0 Å². The Balaban J connectivity index is 2.74. The van der Waals surface area contributed by atoms with E-state index >= 15 is 0 Å². The molecule has 0 aliphatic carbocycles. The van der Waals surface area contributed by atoms with Gasteiger partial charge in [-0.15, -0.1) is 0 Å². The molecule has 0 aromatic rings. The zero-order valence-corrected chi connectivity index (χ0v) is 12.4. The number of esters is 1. The topological polar surface area (TPSA) is 44.8 Å². The molecular formula is C14H24O4. The molecule has 18 heavy (non-hydrogen) atoms. The van der Waals surface area contributed by atoms with Crippen molar-refractivity contribution in [3.8, 4) is 0 Å². The first-order valence-electron chi connectivity index (χ1n) is 6.15. The van der Waals surface area contributed by atoms with Crippen LogP contribution in [0.3, 0.4) is 0 Å². The maximum absolute atomic E-state index is 11.5. The van der Waals surface area contributed by atoms with Gasteiger partial charge in [0.25, 0.3) is 0 Å². The fraction of sp³-hybridized carbons (Fsp3) is 0.786. The third-order valence-corrected chi connectivity index (χ3v) is 3.65. The van der Waals surface area contributed by atoms with Crippen LogP contribution in [0.25, 0.3) is 0 Å². The van der Waals surface area contributed by atoms with Gasteiger partial charge in [0.15, 0.2) is 6.29 Å². The fourth-order valence-corrected chi connectivity index (χ4v) is 1.62. The molecule has 0 atom stereocenters. The summed E-state index contributed by atoms with van der Waals surface area (Å²) in [6.07, 6.45) is 3.10. The lowest BCUT2D eigenvalue weighted by molar-refractivity contribution is -0.148. The third-order valence-electron chi connectivity index (χ3n) is 3.65. The van der Waals surface area contributed by atoms with Gasteiger partial charge in [-0.3, -0.25) is 4.79 Å². The highest BCUT2D eigenvalue weighted by atomic mass is 16.7. The summed E-state index contributed by atoms with van der Waals surface area (Å²) in [6, 6.07) is 0. The van der Waals surface area contributed by atoms with Gasteiger partial charge in [0.05, 0.1) is 23.7 Å². The number of rotatable bonds is 3. The van der Waals surface area contributed by atoms with Crippen molar-refractivity contribution in [2.24, 2.45) is 5.41 Å². The van der Waals surface area contributed by atoms with Crippen LogP contribution in [0.1, 0.15) is 41.5 Å². The number of carbonyl (C=O) groups excluding carboxylic acids is 1. The molecule has 0 amide bonds. The molecule has 0 radical (unpaired) electrons. The molecule has 0 bridgehead atoms. The van der Waals surface area contributed by atoms with Crippen molar-refractivity contribution in [1.82, 2.24) is 0 Å². The molecule has 1 rings (SSSR count). The average Bonchev–Trinajstić information content (AvgIpc) is 2.44. The fourth-order valence-electron chi connectivity index (χ4n) is 1.62. The summed E-state index contributed by atoms with van der Waals surface area (Å²) in [5, 5.41) is 0. The van der Waals surface area contributed by atoms with Crippen LogP contribution < -0.4 is 0 Å². The second-order valence-corrected chi connectivity index (χ2v) is 6.20. The zero-order valence-electron chi connectivity index (χ0n) is 12.4. The Hall–Kier alpha value is -0.870. The monoisotopic (exact) mass is 256 g/mol. The molecule has 0 saturated carbocycles. The minimum atomic E-state index is -0.682. The highest BCUT2D eigenvalue weighted by Gasteiger charge is 2.48. The second kappa shape index (κ2) is 4.67. The van der Waals surface area contributed by atoms with Crippen molar-refractivity contribution in [2.75, 3.05) is 7.11 Å². The Morgan fingerprint density at radius 2 is 1.61 bits per heavy atom. The molecule has 0 aromatic carbocycles. The standard InChI is InChI=1S/C14H24O4/c1-12(2,11(15)16-7)9-8-10-17-13(3,4)14(5,6)18-10/h8-10H,1-7H3/b9-8+. The summed E-state index contributed by atoms with van der Waals surface area (Å²) in [6.45, 7) is 11.6. The summed E-state index contributed by atoms with van der Waals surface area (Å²) in [5.74, 6) is -0.282. The van der Waals surface area contributed by atoms with Crippen LogP contribution in [0.5, 0.6) is 0 Å². The first-order valence-corrected chi connectivity index (χ1v) is 6.15. The lowest BCUT2D eigenvalue weighted by Crippen LogP contribution is -2.41. The first kappa shape index (κ1) is 15.2. The van der Waals surface area contributed by atoms with Crippen molar-refractivity contribution in [3.05, 3.63) is 12.2 Å². The smallest absolute Gasteiger partial charge is 0.315 e. The van der Waals surface area contributed by atoms with E-state index in [9.17, 15) is 4.79 Å². The van der Waals surface area contributed by atoms with Crippen molar-refractivity contribution < 1.29 is 19.0 Å². The van der Waals surface area contributed by atoms with E-state index in [0.29, 0.717) is 0 Å². The summed E-state index contributed by atoms with van der Waals surface area (Å²) < 4.78 is 16.4. The molecule has 1 aliphatic heterocycles. The van der Waals surface area contributed by atoms with Crippen LogP contribution in [0.2, 0.25) is 0 Å². The molecular weight excluding hydrogens is 232 g/mol. The largest absolute Gasteiger partial charge is 0.468 e. The van der Waals surface area contributed by atoms with Crippen molar-refractivity contribution >= 4 is 5.97 Å². The van der Waals surface area contributed by atoms with Gasteiger partial charge in [0, 0.05) is 0 Å². The highest BCUT2D eigenvalue weighted by molar-refractivity contribution is 5.77. The van der Waals surface area contributed by atoms with E-state index in [2.05, 4.69) is 0 Å². The number of hydrogen-bond donors (Lipinski definition) is 0. The second-order valence-electron chi connectivity index (χ2n) is 6.20. The number of carbonyl (C=O) groups is 1. The van der Waals surface area contributed by atoms with Crippen molar-refractivity contribution in [1.29, 1.82) is 0 Å². The quantitative estimate of drug-likeness (QED) is 0.575. The van der Waals surface area contributed by atoms with E-state index in [-0.39, 0.29) is 17.2 Å². The molecule has 104 valence electrons. The molecule has 1 heterocycles. The van der Waals surface area contributed by atoms with Gasteiger partial charge < -0.3 is 14.2 Å². The molecule has 0 aromatic heterocycles. The SMILES string of the molecule is COC(=O)C(C)(C)/C=C/C1OC(C)(C)C(C)(C)O1. The van der Waals surface area contributed by atoms with Crippen LogP contribution in [0.4, 0.5) is 0 Å². The lowest BCUT2D eigenvalue weighted by Gasteiger charge is -2.30. The Labute approximate surface area is 109 Å². The molecule has 0 N–H and O–H groups in total. The van der Waals surface area contributed by atoms with Crippen LogP contribution in [0, 0.1) is 5.41 Å². The number of hydrogen-bond acceptors (Lipinski definition) is 4. The van der Waals surface area contributed by atoms with E-state index < -0.39 is 11.7 Å². The van der Waals surface area contributed by atoms with Gasteiger partial charge >= 0.3 is 5.97 Å². The number of methoxy groups -OCH3 is 1. The minimum absolute atomic E-state index is 0.282.